The number of aromatic amines is 1. The fourth-order valence-corrected chi connectivity index (χ4v) is 2.51. The normalized spacial score (nSPS) is 18.8. The Hall–Kier alpha value is -2.50. The number of H-pyrrole nitrogens is 1. The number of benzene rings is 1. The molecule has 1 atom stereocenters. The van der Waals surface area contributed by atoms with E-state index in [4.69, 9.17) is 5.11 Å². The van der Waals surface area contributed by atoms with Gasteiger partial charge in [0, 0.05) is 29.2 Å². The lowest BCUT2D eigenvalue weighted by Gasteiger charge is -2.20. The van der Waals surface area contributed by atoms with Crippen molar-refractivity contribution in [3.05, 3.63) is 36.0 Å². The number of hydrogen-bond donors (Lipinski definition) is 3. The predicted molar refractivity (Wildman–Crippen MR) is 68.8 cm³/mol. The van der Waals surface area contributed by atoms with E-state index in [1.54, 1.807) is 0 Å². The molecule has 98 valence electrons. The molecule has 3 N–H and O–H groups in total. The molecule has 2 amide bonds. The van der Waals surface area contributed by atoms with Crippen molar-refractivity contribution in [1.29, 1.82) is 0 Å². The summed E-state index contributed by atoms with van der Waals surface area (Å²) < 4.78 is 0. The zero-order chi connectivity index (χ0) is 13.4. The molecule has 6 heteroatoms. The highest BCUT2D eigenvalue weighted by Crippen LogP contribution is 2.30. The van der Waals surface area contributed by atoms with Gasteiger partial charge in [-0.3, -0.25) is 4.79 Å². The second kappa shape index (κ2) is 4.31. The van der Waals surface area contributed by atoms with Crippen molar-refractivity contribution < 1.29 is 14.7 Å². The summed E-state index contributed by atoms with van der Waals surface area (Å²) in [6.07, 6.45) is 1.84. The van der Waals surface area contributed by atoms with Crippen LogP contribution in [0.3, 0.4) is 0 Å². The van der Waals surface area contributed by atoms with E-state index in [0.29, 0.717) is 6.54 Å². The molecule has 1 aliphatic rings. The third kappa shape index (κ3) is 1.91. The second-order valence-electron chi connectivity index (χ2n) is 4.51. The minimum atomic E-state index is -1.01. The highest BCUT2D eigenvalue weighted by Gasteiger charge is 2.34. The van der Waals surface area contributed by atoms with Crippen LogP contribution < -0.4 is 5.32 Å². The fourth-order valence-electron chi connectivity index (χ4n) is 2.51. The van der Waals surface area contributed by atoms with Crippen LogP contribution >= 0.6 is 0 Å². The first-order valence-electron chi connectivity index (χ1n) is 5.99. The van der Waals surface area contributed by atoms with Gasteiger partial charge in [-0.1, -0.05) is 18.2 Å². The molecule has 1 unspecified atom stereocenters. The van der Waals surface area contributed by atoms with Gasteiger partial charge < -0.3 is 20.3 Å². The molecule has 1 saturated heterocycles. The van der Waals surface area contributed by atoms with Crippen molar-refractivity contribution >= 4 is 22.9 Å². The summed E-state index contributed by atoms with van der Waals surface area (Å²) in [5.74, 6) is -1.01. The van der Waals surface area contributed by atoms with Gasteiger partial charge in [-0.25, -0.2) is 4.79 Å². The zero-order valence-corrected chi connectivity index (χ0v) is 10.1. The number of aromatic nitrogens is 1. The Kier molecular flexibility index (Phi) is 2.63. The van der Waals surface area contributed by atoms with Gasteiger partial charge in [-0.2, -0.15) is 0 Å². The predicted octanol–water partition coefficient (Wildman–Crippen LogP) is 1.32. The van der Waals surface area contributed by atoms with Gasteiger partial charge in [0.2, 0.25) is 0 Å². The molecule has 3 rings (SSSR count). The van der Waals surface area contributed by atoms with Gasteiger partial charge in [0.25, 0.3) is 0 Å². The fraction of sp³-hybridized carbons (Fsp3) is 0.231. The third-order valence-corrected chi connectivity index (χ3v) is 3.37. The van der Waals surface area contributed by atoms with Crippen molar-refractivity contribution in [3.8, 4) is 0 Å². The quantitative estimate of drug-likeness (QED) is 0.777. The van der Waals surface area contributed by atoms with Crippen molar-refractivity contribution in [1.82, 2.24) is 15.2 Å². The van der Waals surface area contributed by atoms with Crippen LogP contribution in [0.2, 0.25) is 0 Å². The molecule has 0 radical (unpaired) electrons. The highest BCUT2D eigenvalue weighted by atomic mass is 16.4. The Morgan fingerprint density at radius 3 is 3.00 bits per heavy atom. The maximum Gasteiger partial charge on any atom is 0.323 e. The van der Waals surface area contributed by atoms with Crippen LogP contribution in [-0.2, 0) is 4.79 Å². The summed E-state index contributed by atoms with van der Waals surface area (Å²) in [5, 5.41) is 12.6. The Labute approximate surface area is 109 Å². The van der Waals surface area contributed by atoms with Gasteiger partial charge in [0.1, 0.15) is 6.54 Å². The van der Waals surface area contributed by atoms with E-state index in [1.165, 1.54) is 4.90 Å². The van der Waals surface area contributed by atoms with Gasteiger partial charge in [0.15, 0.2) is 0 Å². The van der Waals surface area contributed by atoms with Crippen LogP contribution in [0.4, 0.5) is 4.79 Å². The molecule has 1 fully saturated rings. The number of rotatable bonds is 3. The molecule has 0 saturated carbocycles. The van der Waals surface area contributed by atoms with E-state index in [2.05, 4.69) is 10.3 Å². The number of carboxylic acid groups (broad SMARTS) is 1. The summed E-state index contributed by atoms with van der Waals surface area (Å²) in [6, 6.07) is 7.17. The van der Waals surface area contributed by atoms with E-state index in [9.17, 15) is 9.59 Å². The lowest BCUT2D eigenvalue weighted by atomic mass is 10.1. The third-order valence-electron chi connectivity index (χ3n) is 3.37. The number of amides is 2. The number of para-hydroxylation sites is 1. The molecule has 1 aromatic carbocycles. The first-order chi connectivity index (χ1) is 9.16. The number of carboxylic acids is 1. The van der Waals surface area contributed by atoms with Gasteiger partial charge in [-0.15, -0.1) is 0 Å². The molecule has 2 aromatic rings. The van der Waals surface area contributed by atoms with Crippen molar-refractivity contribution in [2.24, 2.45) is 0 Å². The molecular weight excluding hydrogens is 246 g/mol. The van der Waals surface area contributed by atoms with Crippen LogP contribution in [0, 0.1) is 0 Å². The van der Waals surface area contributed by atoms with E-state index in [-0.39, 0.29) is 18.6 Å². The standard InChI is InChI=1S/C13H13N3O3/c17-12(18)7-16-11(6-15-13(16)19)9-5-14-10-4-2-1-3-8(9)10/h1-5,11,14H,6-7H2,(H,15,19)(H,17,18). The van der Waals surface area contributed by atoms with Crippen LogP contribution in [0.25, 0.3) is 10.9 Å². The van der Waals surface area contributed by atoms with Crippen molar-refractivity contribution in [3.63, 3.8) is 0 Å². The van der Waals surface area contributed by atoms with Crippen LogP contribution in [0.15, 0.2) is 30.5 Å². The first-order valence-corrected chi connectivity index (χ1v) is 5.99. The minimum absolute atomic E-state index is 0.250. The number of urea groups is 1. The largest absolute Gasteiger partial charge is 0.480 e. The lowest BCUT2D eigenvalue weighted by molar-refractivity contribution is -0.137. The summed E-state index contributed by atoms with van der Waals surface area (Å²) in [6.45, 7) is 0.129. The molecule has 19 heavy (non-hydrogen) atoms. The molecule has 0 aliphatic carbocycles. The molecule has 0 spiro atoms. The molecule has 1 aliphatic heterocycles. The average Bonchev–Trinajstić information content (AvgIpc) is 2.94. The molecule has 1 aromatic heterocycles. The first kappa shape index (κ1) is 11.6. The zero-order valence-electron chi connectivity index (χ0n) is 10.1. The Morgan fingerprint density at radius 2 is 2.21 bits per heavy atom. The van der Waals surface area contributed by atoms with E-state index in [0.717, 1.165) is 16.5 Å². The highest BCUT2D eigenvalue weighted by molar-refractivity contribution is 5.87. The maximum atomic E-state index is 11.7. The number of carbonyl (C=O) groups is 2. The van der Waals surface area contributed by atoms with Crippen LogP contribution in [0.1, 0.15) is 11.6 Å². The van der Waals surface area contributed by atoms with E-state index in [1.807, 2.05) is 30.5 Å². The molecular formula is C13H13N3O3. The number of nitrogens with one attached hydrogen (secondary N) is 2. The average molecular weight is 259 g/mol. The number of carbonyl (C=O) groups excluding carboxylic acids is 1. The number of nitrogens with zero attached hydrogens (tertiary/aromatic N) is 1. The van der Waals surface area contributed by atoms with E-state index >= 15 is 0 Å². The number of aliphatic carboxylic acids is 1. The lowest BCUT2D eigenvalue weighted by Crippen LogP contribution is -2.34. The van der Waals surface area contributed by atoms with Gasteiger partial charge in [-0.05, 0) is 6.07 Å². The Bertz CT molecular complexity index is 649. The summed E-state index contributed by atoms with van der Waals surface area (Å²) in [5.41, 5.74) is 1.92. The van der Waals surface area contributed by atoms with Crippen LogP contribution in [0.5, 0.6) is 0 Å². The Balaban J connectivity index is 2.00. The number of hydrogen-bond acceptors (Lipinski definition) is 2. The van der Waals surface area contributed by atoms with E-state index < -0.39 is 5.97 Å². The monoisotopic (exact) mass is 259 g/mol. The second-order valence-corrected chi connectivity index (χ2v) is 4.51. The summed E-state index contributed by atoms with van der Waals surface area (Å²) in [4.78, 5) is 27.0. The summed E-state index contributed by atoms with van der Waals surface area (Å²) >= 11 is 0. The topological polar surface area (TPSA) is 85.4 Å². The minimum Gasteiger partial charge on any atom is -0.480 e. The van der Waals surface area contributed by atoms with Gasteiger partial charge >= 0.3 is 12.0 Å². The van der Waals surface area contributed by atoms with Crippen LogP contribution in [-0.4, -0.2) is 40.1 Å². The van der Waals surface area contributed by atoms with Crippen molar-refractivity contribution in [2.75, 3.05) is 13.1 Å². The van der Waals surface area contributed by atoms with Crippen molar-refractivity contribution in [2.45, 2.75) is 6.04 Å². The SMILES string of the molecule is O=C(O)CN1C(=O)NCC1c1c[nH]c2ccccc12. The molecule has 2 heterocycles. The number of fused-ring (bicyclic) bond motifs is 1. The van der Waals surface area contributed by atoms with Gasteiger partial charge in [0.05, 0.1) is 6.04 Å². The maximum absolute atomic E-state index is 11.7. The Morgan fingerprint density at radius 1 is 1.42 bits per heavy atom. The summed E-state index contributed by atoms with van der Waals surface area (Å²) in [7, 11) is 0. The smallest absolute Gasteiger partial charge is 0.323 e. The molecule has 0 bridgehead atoms. The molecule has 6 nitrogen and oxygen atoms in total.